The maximum Gasteiger partial charge on any atom is 0.163 e. The number of halogens is 3. The summed E-state index contributed by atoms with van der Waals surface area (Å²) >= 11 is 14.1. The van der Waals surface area contributed by atoms with Gasteiger partial charge in [-0.05, 0) is 56.6 Å². The molecule has 6 heteroatoms. The van der Waals surface area contributed by atoms with Crippen LogP contribution in [0.25, 0.3) is 0 Å². The van der Waals surface area contributed by atoms with Gasteiger partial charge in [-0.25, -0.2) is 4.39 Å². The number of fused-ring (bicyclic) bond motifs is 5. The number of hydrogen-bond donors (Lipinski definition) is 0. The first-order chi connectivity index (χ1) is 12.5. The molecule has 4 aliphatic rings. The molecule has 2 fully saturated rings. The molecule has 4 aliphatic carbocycles. The highest BCUT2D eigenvalue weighted by molar-refractivity contribution is 6.36. The molecule has 7 atom stereocenters. The van der Waals surface area contributed by atoms with Gasteiger partial charge in [0.2, 0.25) is 0 Å². The van der Waals surface area contributed by atoms with Crippen molar-refractivity contribution in [2.24, 2.45) is 28.6 Å². The minimum absolute atomic E-state index is 0.0338. The number of Topliss-reactive ketones (excluding diaryl/α,β-unsaturated/α-hetero) is 2. The number of rotatable bonds is 1. The molecule has 0 aromatic carbocycles. The van der Waals surface area contributed by atoms with Crippen molar-refractivity contribution < 1.29 is 18.8 Å². The number of hydrogen-bond acceptors (Lipinski definition) is 3. The number of allylic oxidation sites excluding steroid dienone is 4. The largest absolute Gasteiger partial charge is 0.300 e. The van der Waals surface area contributed by atoms with Crippen molar-refractivity contribution >= 4 is 40.6 Å². The molecule has 27 heavy (non-hydrogen) atoms. The van der Waals surface area contributed by atoms with Crippen molar-refractivity contribution in [3.05, 3.63) is 23.6 Å². The Morgan fingerprint density at radius 2 is 1.93 bits per heavy atom. The molecule has 0 aliphatic heterocycles. The number of carbonyl (C=O) groups is 3. The summed E-state index contributed by atoms with van der Waals surface area (Å²) in [7, 11) is 0. The summed E-state index contributed by atoms with van der Waals surface area (Å²) in [5.41, 5.74) is -1.66. The zero-order valence-electron chi connectivity index (χ0n) is 15.7. The van der Waals surface area contributed by atoms with Gasteiger partial charge in [-0.15, -0.1) is 23.2 Å². The third kappa shape index (κ3) is 2.17. The second-order valence-corrected chi connectivity index (χ2v) is 10.2. The average Bonchev–Trinajstić information content (AvgIpc) is 2.90. The number of ketones is 3. The van der Waals surface area contributed by atoms with Crippen LogP contribution >= 0.6 is 23.2 Å². The zero-order chi connectivity index (χ0) is 19.9. The van der Waals surface area contributed by atoms with Crippen LogP contribution in [0.3, 0.4) is 0 Å². The Morgan fingerprint density at radius 1 is 1.26 bits per heavy atom. The molecular weight excluding hydrogens is 390 g/mol. The Hall–Kier alpha value is -1.00. The molecule has 0 N–H and O–H groups in total. The van der Waals surface area contributed by atoms with E-state index >= 15 is 4.39 Å². The van der Waals surface area contributed by atoms with E-state index in [1.165, 1.54) is 12.2 Å². The highest BCUT2D eigenvalue weighted by Gasteiger charge is 2.71. The molecule has 0 saturated heterocycles. The fourth-order valence-corrected chi connectivity index (χ4v) is 7.75. The molecular formula is C21H23Cl2FO3. The summed E-state index contributed by atoms with van der Waals surface area (Å²) in [6, 6.07) is 0. The summed E-state index contributed by atoms with van der Waals surface area (Å²) in [5.74, 6) is -1.84. The first-order valence-electron chi connectivity index (χ1n) is 9.47. The van der Waals surface area contributed by atoms with Gasteiger partial charge in [-0.1, -0.05) is 6.92 Å². The lowest BCUT2D eigenvalue weighted by Crippen LogP contribution is -2.67. The Kier molecular flexibility index (Phi) is 4.12. The topological polar surface area (TPSA) is 51.2 Å². The summed E-state index contributed by atoms with van der Waals surface area (Å²) in [5, 5.41) is -0.625. The van der Waals surface area contributed by atoms with Crippen molar-refractivity contribution in [1.29, 1.82) is 0 Å². The van der Waals surface area contributed by atoms with E-state index in [4.69, 9.17) is 23.2 Å². The minimum atomic E-state index is -1.35. The lowest BCUT2D eigenvalue weighted by molar-refractivity contribution is -0.137. The Balaban J connectivity index is 1.93. The molecule has 3 nitrogen and oxygen atoms in total. The normalized spacial score (nSPS) is 49.0. The Morgan fingerprint density at radius 3 is 2.56 bits per heavy atom. The zero-order valence-corrected chi connectivity index (χ0v) is 17.2. The van der Waals surface area contributed by atoms with E-state index in [2.05, 4.69) is 0 Å². The van der Waals surface area contributed by atoms with Crippen LogP contribution in [0.2, 0.25) is 0 Å². The molecule has 0 radical (unpaired) electrons. The molecule has 2 saturated carbocycles. The van der Waals surface area contributed by atoms with E-state index in [-0.39, 0.29) is 40.8 Å². The highest BCUT2D eigenvalue weighted by Crippen LogP contribution is 2.70. The monoisotopic (exact) mass is 412 g/mol. The van der Waals surface area contributed by atoms with Gasteiger partial charge in [0, 0.05) is 17.4 Å². The van der Waals surface area contributed by atoms with Gasteiger partial charge in [0.15, 0.2) is 11.6 Å². The van der Waals surface area contributed by atoms with Gasteiger partial charge in [-0.3, -0.25) is 14.4 Å². The molecule has 0 bridgehead atoms. The van der Waals surface area contributed by atoms with E-state index in [0.29, 0.717) is 6.42 Å². The van der Waals surface area contributed by atoms with Crippen LogP contribution < -0.4 is 0 Å². The van der Waals surface area contributed by atoms with Crippen LogP contribution in [0.15, 0.2) is 23.6 Å². The fourth-order valence-electron chi connectivity index (χ4n) is 6.55. The van der Waals surface area contributed by atoms with Gasteiger partial charge in [0.05, 0.1) is 22.1 Å². The van der Waals surface area contributed by atoms with Crippen LogP contribution in [0.4, 0.5) is 4.39 Å². The SMILES string of the molecule is CC(=O)[C@H]1CC[C@H]2[C@@H]3C=C(F)C4=CC(=O)CC(=O)[C@]4(C)[C@@]3(Cl)C(Cl)C[C@]12C. The average molecular weight is 413 g/mol. The summed E-state index contributed by atoms with van der Waals surface area (Å²) in [4.78, 5) is 35.9. The lowest BCUT2D eigenvalue weighted by Gasteiger charge is -2.61. The molecule has 1 unspecified atom stereocenters. The first-order valence-corrected chi connectivity index (χ1v) is 10.3. The van der Waals surface area contributed by atoms with Crippen molar-refractivity contribution in [3.63, 3.8) is 0 Å². The van der Waals surface area contributed by atoms with E-state index in [1.54, 1.807) is 13.8 Å². The smallest absolute Gasteiger partial charge is 0.163 e. The van der Waals surface area contributed by atoms with Crippen molar-refractivity contribution in [1.82, 2.24) is 0 Å². The van der Waals surface area contributed by atoms with Gasteiger partial charge < -0.3 is 0 Å². The molecule has 0 heterocycles. The first kappa shape index (κ1) is 19.3. The summed E-state index contributed by atoms with van der Waals surface area (Å²) < 4.78 is 15.1. The minimum Gasteiger partial charge on any atom is -0.300 e. The van der Waals surface area contributed by atoms with Crippen LogP contribution in [0, 0.1) is 28.6 Å². The predicted molar refractivity (Wildman–Crippen MR) is 101 cm³/mol. The van der Waals surface area contributed by atoms with Crippen LogP contribution in [0.5, 0.6) is 0 Å². The molecule has 146 valence electrons. The Labute approximate surface area is 168 Å². The van der Waals surface area contributed by atoms with Crippen LogP contribution in [-0.4, -0.2) is 27.6 Å². The quantitative estimate of drug-likeness (QED) is 0.468. The maximum absolute atomic E-state index is 15.1. The van der Waals surface area contributed by atoms with Gasteiger partial charge in [0.1, 0.15) is 11.6 Å². The van der Waals surface area contributed by atoms with E-state index in [0.717, 1.165) is 12.8 Å². The lowest BCUT2D eigenvalue weighted by atomic mass is 9.47. The van der Waals surface area contributed by atoms with Crippen LogP contribution in [-0.2, 0) is 14.4 Å². The standard InChI is InChI=1S/C21H23Cl2FO3/c1-10(25)12-4-5-13-14-8-16(24)15-6-11(26)7-18(27)20(15,3)21(14,23)17(22)9-19(12,13)2/h6,8,12-14,17H,4-5,7,9H2,1-3H3/t12-,13+,14+,17?,19-,20-,21+/m1/s1. The van der Waals surface area contributed by atoms with Gasteiger partial charge in [0.25, 0.3) is 0 Å². The molecule has 0 aromatic rings. The van der Waals surface area contributed by atoms with Crippen molar-refractivity contribution in [2.75, 3.05) is 0 Å². The number of carbonyl (C=O) groups excluding carboxylic acids is 3. The fraction of sp³-hybridized carbons (Fsp3) is 0.667. The predicted octanol–water partition coefficient (Wildman–Crippen LogP) is 4.55. The molecule has 0 spiro atoms. The molecule has 4 rings (SSSR count). The van der Waals surface area contributed by atoms with Gasteiger partial charge in [-0.2, -0.15) is 0 Å². The summed E-state index contributed by atoms with van der Waals surface area (Å²) in [6.45, 7) is 5.28. The Bertz CT molecular complexity index is 833. The van der Waals surface area contributed by atoms with Crippen molar-refractivity contribution in [2.45, 2.75) is 56.7 Å². The van der Waals surface area contributed by atoms with E-state index in [9.17, 15) is 14.4 Å². The molecule has 0 amide bonds. The van der Waals surface area contributed by atoms with Crippen LogP contribution in [0.1, 0.15) is 46.5 Å². The second kappa shape index (κ2) is 5.76. The van der Waals surface area contributed by atoms with E-state index < -0.39 is 33.2 Å². The second-order valence-electron chi connectivity index (χ2n) is 9.08. The summed E-state index contributed by atoms with van der Waals surface area (Å²) in [6.07, 6.45) is 4.37. The van der Waals surface area contributed by atoms with Gasteiger partial charge >= 0.3 is 0 Å². The third-order valence-electron chi connectivity index (χ3n) is 7.98. The third-order valence-corrected chi connectivity index (χ3v) is 9.48. The van der Waals surface area contributed by atoms with E-state index in [1.807, 2.05) is 6.92 Å². The number of alkyl halides is 2. The van der Waals surface area contributed by atoms with Crippen molar-refractivity contribution in [3.8, 4) is 0 Å². The highest BCUT2D eigenvalue weighted by atomic mass is 35.5. The molecule has 0 aromatic heterocycles. The maximum atomic E-state index is 15.1.